The average Bonchev–Trinajstić information content (AvgIpc) is 2.35. The lowest BCUT2D eigenvalue weighted by Gasteiger charge is -2.05. The van der Waals surface area contributed by atoms with Gasteiger partial charge in [-0.15, -0.1) is 0 Å². The Labute approximate surface area is 78.9 Å². The zero-order chi connectivity index (χ0) is 9.14. The molecule has 0 aliphatic rings. The molecule has 1 aromatic heterocycles. The fourth-order valence-corrected chi connectivity index (χ4v) is 1.14. The van der Waals surface area contributed by atoms with Crippen LogP contribution in [0.2, 0.25) is 0 Å². The normalized spacial score (nSPS) is 12.8. The maximum absolute atomic E-state index is 10.7. The summed E-state index contributed by atoms with van der Waals surface area (Å²) in [4.78, 5) is 10.7. The number of nitrogens with two attached hydrogens (primary N) is 1. The fraction of sp³-hybridized carbons (Fsp3) is 0.429. The van der Waals surface area contributed by atoms with Gasteiger partial charge >= 0.3 is 0 Å². The van der Waals surface area contributed by atoms with E-state index < -0.39 is 0 Å². The molecule has 4 nitrogen and oxygen atoms in total. The molecule has 1 unspecified atom stereocenters. The van der Waals surface area contributed by atoms with Crippen LogP contribution in [0.3, 0.4) is 0 Å². The Morgan fingerprint density at radius 1 is 1.92 bits per heavy atom. The van der Waals surface area contributed by atoms with Crippen molar-refractivity contribution in [3.63, 3.8) is 0 Å². The zero-order valence-corrected chi connectivity index (χ0v) is 8.28. The highest BCUT2D eigenvalue weighted by atomic mass is 79.9. The molecule has 2 N–H and O–H groups in total. The van der Waals surface area contributed by atoms with E-state index in [4.69, 9.17) is 5.73 Å². The van der Waals surface area contributed by atoms with Crippen molar-refractivity contribution < 1.29 is 4.79 Å². The Morgan fingerprint density at radius 2 is 2.58 bits per heavy atom. The van der Waals surface area contributed by atoms with Crippen LogP contribution in [-0.2, 0) is 11.3 Å². The molecule has 1 atom stereocenters. The summed E-state index contributed by atoms with van der Waals surface area (Å²) in [5, 5.41) is 4.00. The number of rotatable bonds is 3. The minimum absolute atomic E-state index is 0.184. The van der Waals surface area contributed by atoms with Gasteiger partial charge in [-0.3, -0.25) is 9.48 Å². The van der Waals surface area contributed by atoms with Crippen LogP contribution in [-0.4, -0.2) is 15.7 Å². The van der Waals surface area contributed by atoms with Crippen molar-refractivity contribution in [1.29, 1.82) is 0 Å². The van der Waals surface area contributed by atoms with E-state index in [1.54, 1.807) is 24.0 Å². The summed E-state index contributed by atoms with van der Waals surface area (Å²) in [6.07, 6.45) is 3.48. The van der Waals surface area contributed by atoms with Gasteiger partial charge in [0, 0.05) is 6.20 Å². The van der Waals surface area contributed by atoms with E-state index in [9.17, 15) is 4.79 Å². The topological polar surface area (TPSA) is 60.9 Å². The fourth-order valence-electron chi connectivity index (χ4n) is 0.809. The number of aromatic nitrogens is 2. The van der Waals surface area contributed by atoms with Crippen molar-refractivity contribution in [3.8, 4) is 0 Å². The van der Waals surface area contributed by atoms with Gasteiger partial charge in [-0.25, -0.2) is 0 Å². The van der Waals surface area contributed by atoms with E-state index in [1.165, 1.54) is 0 Å². The molecule has 0 saturated heterocycles. The Bertz CT molecular complexity index is 284. The predicted octanol–water partition coefficient (Wildman–Crippen LogP) is 0.767. The molecule has 0 aliphatic heterocycles. The molecule has 1 rings (SSSR count). The third-order valence-electron chi connectivity index (χ3n) is 1.55. The van der Waals surface area contributed by atoms with E-state index in [-0.39, 0.29) is 11.8 Å². The molecule has 5 heteroatoms. The van der Waals surface area contributed by atoms with Crippen LogP contribution in [0, 0.1) is 5.92 Å². The standard InChI is InChI=1S/C7H10BrN3O/c1-5(7(9)12)3-11-4-6(8)2-10-11/h2,4-5H,3H2,1H3,(H2,9,12). The number of nitrogens with zero attached hydrogens (tertiary/aromatic N) is 2. The van der Waals surface area contributed by atoms with Gasteiger partial charge < -0.3 is 5.73 Å². The highest BCUT2D eigenvalue weighted by Gasteiger charge is 2.09. The van der Waals surface area contributed by atoms with Crippen LogP contribution in [0.5, 0.6) is 0 Å². The number of amides is 1. The van der Waals surface area contributed by atoms with Crippen LogP contribution in [0.15, 0.2) is 16.9 Å². The molecule has 0 aromatic carbocycles. The van der Waals surface area contributed by atoms with Crippen LogP contribution in [0.4, 0.5) is 0 Å². The first kappa shape index (κ1) is 9.25. The number of carbonyl (C=O) groups excluding carboxylic acids is 1. The van der Waals surface area contributed by atoms with Gasteiger partial charge in [0.15, 0.2) is 0 Å². The number of halogens is 1. The number of carbonyl (C=O) groups is 1. The molecule has 0 saturated carbocycles. The van der Waals surface area contributed by atoms with Gasteiger partial charge in [0.05, 0.1) is 23.1 Å². The summed E-state index contributed by atoms with van der Waals surface area (Å²) in [7, 11) is 0. The number of hydrogen-bond donors (Lipinski definition) is 1. The largest absolute Gasteiger partial charge is 0.369 e. The lowest BCUT2D eigenvalue weighted by Crippen LogP contribution is -2.24. The second-order valence-corrected chi connectivity index (χ2v) is 3.60. The lowest BCUT2D eigenvalue weighted by molar-refractivity contribution is -0.121. The maximum atomic E-state index is 10.7. The molecule has 1 amide bonds. The summed E-state index contributed by atoms with van der Waals surface area (Å²) in [5.41, 5.74) is 5.10. The minimum atomic E-state index is -0.304. The Kier molecular flexibility index (Phi) is 2.86. The van der Waals surface area contributed by atoms with E-state index >= 15 is 0 Å². The van der Waals surface area contributed by atoms with E-state index in [1.807, 2.05) is 0 Å². The summed E-state index contributed by atoms with van der Waals surface area (Å²) in [6, 6.07) is 0. The predicted molar refractivity (Wildman–Crippen MR) is 48.3 cm³/mol. The molecule has 0 bridgehead atoms. The van der Waals surface area contributed by atoms with Gasteiger partial charge in [-0.2, -0.15) is 5.10 Å². The third kappa shape index (κ3) is 2.34. The Hall–Kier alpha value is -0.840. The van der Waals surface area contributed by atoms with E-state index in [2.05, 4.69) is 21.0 Å². The van der Waals surface area contributed by atoms with Crippen LogP contribution in [0.25, 0.3) is 0 Å². The second-order valence-electron chi connectivity index (χ2n) is 2.68. The monoisotopic (exact) mass is 231 g/mol. The first-order valence-corrected chi connectivity index (χ1v) is 4.36. The van der Waals surface area contributed by atoms with Crippen molar-refractivity contribution in [2.45, 2.75) is 13.5 Å². The van der Waals surface area contributed by atoms with Crippen LogP contribution < -0.4 is 5.73 Å². The van der Waals surface area contributed by atoms with Crippen molar-refractivity contribution in [1.82, 2.24) is 9.78 Å². The molecule has 0 fully saturated rings. The molecule has 1 aromatic rings. The minimum Gasteiger partial charge on any atom is -0.369 e. The van der Waals surface area contributed by atoms with Crippen LogP contribution >= 0.6 is 15.9 Å². The third-order valence-corrected chi connectivity index (χ3v) is 1.96. The molecule has 0 aliphatic carbocycles. The molecular formula is C7H10BrN3O. The highest BCUT2D eigenvalue weighted by molar-refractivity contribution is 9.10. The molecular weight excluding hydrogens is 222 g/mol. The van der Waals surface area contributed by atoms with Gasteiger partial charge in [-0.1, -0.05) is 6.92 Å². The molecule has 12 heavy (non-hydrogen) atoms. The zero-order valence-electron chi connectivity index (χ0n) is 6.70. The smallest absolute Gasteiger partial charge is 0.222 e. The number of primary amides is 1. The first-order valence-electron chi connectivity index (χ1n) is 3.57. The molecule has 66 valence electrons. The lowest BCUT2D eigenvalue weighted by atomic mass is 10.2. The van der Waals surface area contributed by atoms with Crippen molar-refractivity contribution in [3.05, 3.63) is 16.9 Å². The van der Waals surface area contributed by atoms with Gasteiger partial charge in [-0.05, 0) is 15.9 Å². The quantitative estimate of drug-likeness (QED) is 0.836. The van der Waals surface area contributed by atoms with Crippen LogP contribution in [0.1, 0.15) is 6.92 Å². The average molecular weight is 232 g/mol. The summed E-state index contributed by atoms with van der Waals surface area (Å²) < 4.78 is 2.58. The van der Waals surface area contributed by atoms with Crippen molar-refractivity contribution >= 4 is 21.8 Å². The highest BCUT2D eigenvalue weighted by Crippen LogP contribution is 2.07. The molecule has 0 radical (unpaired) electrons. The Balaban J connectivity index is 2.58. The van der Waals surface area contributed by atoms with Crippen molar-refractivity contribution in [2.24, 2.45) is 11.7 Å². The summed E-state index contributed by atoms with van der Waals surface area (Å²) >= 11 is 3.26. The summed E-state index contributed by atoms with van der Waals surface area (Å²) in [6.45, 7) is 2.30. The SMILES string of the molecule is CC(Cn1cc(Br)cn1)C(N)=O. The second kappa shape index (κ2) is 3.71. The van der Waals surface area contributed by atoms with E-state index in [0.717, 1.165) is 4.47 Å². The molecule has 0 spiro atoms. The van der Waals surface area contributed by atoms with Gasteiger partial charge in [0.25, 0.3) is 0 Å². The van der Waals surface area contributed by atoms with Gasteiger partial charge in [0.2, 0.25) is 5.91 Å². The van der Waals surface area contributed by atoms with E-state index in [0.29, 0.717) is 6.54 Å². The molecule has 1 heterocycles. The summed E-state index contributed by atoms with van der Waals surface area (Å²) in [5.74, 6) is -0.488. The first-order chi connectivity index (χ1) is 5.59. The maximum Gasteiger partial charge on any atom is 0.222 e. The Morgan fingerprint density at radius 3 is 3.00 bits per heavy atom. The number of hydrogen-bond acceptors (Lipinski definition) is 2. The van der Waals surface area contributed by atoms with Crippen molar-refractivity contribution in [2.75, 3.05) is 0 Å². The van der Waals surface area contributed by atoms with Gasteiger partial charge in [0.1, 0.15) is 0 Å².